The Morgan fingerprint density at radius 1 is 1.22 bits per heavy atom. The van der Waals surface area contributed by atoms with Crippen molar-refractivity contribution >= 4 is 17.2 Å². The van der Waals surface area contributed by atoms with Crippen LogP contribution in [0.1, 0.15) is 15.9 Å². The lowest BCUT2D eigenvalue weighted by Crippen LogP contribution is -1.99. The summed E-state index contributed by atoms with van der Waals surface area (Å²) in [7, 11) is 1.44. The average molecular weight is 312 g/mol. The first-order valence-corrected chi connectivity index (χ1v) is 6.88. The zero-order chi connectivity index (χ0) is 16.8. The minimum atomic E-state index is -0.513. The van der Waals surface area contributed by atoms with Gasteiger partial charge in [-0.1, -0.05) is 29.8 Å². The van der Waals surface area contributed by atoms with Gasteiger partial charge in [0.25, 0.3) is 5.69 Å². The van der Waals surface area contributed by atoms with Gasteiger partial charge in [0.1, 0.15) is 11.4 Å². The van der Waals surface area contributed by atoms with Gasteiger partial charge in [-0.15, -0.1) is 0 Å². The first-order chi connectivity index (χ1) is 11.0. The molecule has 2 aromatic carbocycles. The maximum Gasteiger partial charge on any atom is 0.296 e. The summed E-state index contributed by atoms with van der Waals surface area (Å²) in [5.74, 6) is 0.204. The van der Waals surface area contributed by atoms with Gasteiger partial charge < -0.3 is 10.1 Å². The number of carbonyl (C=O) groups excluding carboxylic acids is 1. The number of ketones is 1. The molecule has 2 rings (SSSR count). The number of aryl methyl sites for hydroxylation is 1. The Morgan fingerprint density at radius 2 is 1.91 bits per heavy atom. The maximum absolute atomic E-state index is 12.0. The fourth-order valence-electron chi connectivity index (χ4n) is 1.93. The number of hydrogen-bond acceptors (Lipinski definition) is 5. The molecule has 0 radical (unpaired) electrons. The molecule has 6 nitrogen and oxygen atoms in total. The van der Waals surface area contributed by atoms with Crippen molar-refractivity contribution in [3.05, 3.63) is 76.0 Å². The van der Waals surface area contributed by atoms with Crippen LogP contribution in [-0.2, 0) is 0 Å². The molecule has 0 aromatic heterocycles. The van der Waals surface area contributed by atoms with Crippen molar-refractivity contribution in [3.8, 4) is 5.75 Å². The van der Waals surface area contributed by atoms with Crippen molar-refractivity contribution < 1.29 is 14.5 Å². The normalized spacial score (nSPS) is 10.5. The molecule has 1 N–H and O–H groups in total. The van der Waals surface area contributed by atoms with Crippen LogP contribution in [0.5, 0.6) is 5.75 Å². The van der Waals surface area contributed by atoms with Crippen molar-refractivity contribution in [3.63, 3.8) is 0 Å². The van der Waals surface area contributed by atoms with E-state index in [4.69, 9.17) is 4.74 Å². The summed E-state index contributed by atoms with van der Waals surface area (Å²) in [6, 6.07) is 11.6. The Bertz CT molecular complexity index is 752. The molecule has 0 saturated carbocycles. The molecule has 0 spiro atoms. The van der Waals surface area contributed by atoms with Crippen LogP contribution in [0.15, 0.2) is 54.7 Å². The second-order valence-electron chi connectivity index (χ2n) is 4.85. The van der Waals surface area contributed by atoms with Crippen LogP contribution in [0.4, 0.5) is 11.4 Å². The van der Waals surface area contributed by atoms with Crippen LogP contribution in [0, 0.1) is 17.0 Å². The lowest BCUT2D eigenvalue weighted by molar-refractivity contribution is -0.384. The van der Waals surface area contributed by atoms with Gasteiger partial charge >= 0.3 is 0 Å². The average Bonchev–Trinajstić information content (AvgIpc) is 2.55. The van der Waals surface area contributed by atoms with E-state index in [2.05, 4.69) is 5.32 Å². The highest BCUT2D eigenvalue weighted by Crippen LogP contribution is 2.28. The van der Waals surface area contributed by atoms with E-state index in [9.17, 15) is 14.9 Å². The fraction of sp³-hybridized carbons (Fsp3) is 0.118. The van der Waals surface area contributed by atoms with Gasteiger partial charge in [0.05, 0.1) is 18.1 Å². The van der Waals surface area contributed by atoms with E-state index in [0.717, 1.165) is 5.56 Å². The van der Waals surface area contributed by atoms with E-state index in [1.807, 2.05) is 19.1 Å². The van der Waals surface area contributed by atoms with Crippen LogP contribution in [0.2, 0.25) is 0 Å². The van der Waals surface area contributed by atoms with Crippen LogP contribution in [-0.4, -0.2) is 17.8 Å². The monoisotopic (exact) mass is 312 g/mol. The number of anilines is 1. The number of carbonyl (C=O) groups is 1. The Morgan fingerprint density at radius 3 is 2.52 bits per heavy atom. The third-order valence-corrected chi connectivity index (χ3v) is 3.21. The lowest BCUT2D eigenvalue weighted by Gasteiger charge is -2.05. The molecule has 0 atom stereocenters. The van der Waals surface area contributed by atoms with Crippen LogP contribution >= 0.6 is 0 Å². The highest BCUT2D eigenvalue weighted by molar-refractivity contribution is 6.04. The number of nitro groups is 1. The second kappa shape index (κ2) is 7.22. The van der Waals surface area contributed by atoms with Crippen molar-refractivity contribution in [1.29, 1.82) is 0 Å². The number of hydrogen-bond donors (Lipinski definition) is 1. The summed E-state index contributed by atoms with van der Waals surface area (Å²) < 4.78 is 4.97. The van der Waals surface area contributed by atoms with E-state index in [1.165, 1.54) is 31.5 Å². The van der Waals surface area contributed by atoms with E-state index < -0.39 is 4.92 Å². The predicted molar refractivity (Wildman–Crippen MR) is 87.9 cm³/mol. The van der Waals surface area contributed by atoms with E-state index in [0.29, 0.717) is 11.3 Å². The quantitative estimate of drug-likeness (QED) is 0.380. The summed E-state index contributed by atoms with van der Waals surface area (Å²) >= 11 is 0. The van der Waals surface area contributed by atoms with Crippen LogP contribution < -0.4 is 10.1 Å². The Labute approximate surface area is 133 Å². The molecular formula is C17H16N2O4. The molecule has 0 aliphatic rings. The Balaban J connectivity index is 2.12. The number of rotatable bonds is 6. The summed E-state index contributed by atoms with van der Waals surface area (Å²) in [5, 5.41) is 13.8. The van der Waals surface area contributed by atoms with E-state index in [-0.39, 0.29) is 17.2 Å². The molecular weight excluding hydrogens is 296 g/mol. The van der Waals surface area contributed by atoms with Gasteiger partial charge in [-0.05, 0) is 19.1 Å². The SMILES string of the molecule is COc1ccc(N/C=C\C(=O)c2ccc(C)cc2)c([N+](=O)[O-])c1. The van der Waals surface area contributed by atoms with Gasteiger partial charge in [-0.3, -0.25) is 14.9 Å². The standard InChI is InChI=1S/C17H16N2O4/c1-12-3-5-13(6-4-12)17(20)9-10-18-15-8-7-14(23-2)11-16(15)19(21)22/h3-11,18H,1-2H3/b10-9-. The van der Waals surface area contributed by atoms with Gasteiger partial charge in [0.15, 0.2) is 5.78 Å². The zero-order valence-corrected chi connectivity index (χ0v) is 12.8. The van der Waals surface area contributed by atoms with Crippen molar-refractivity contribution in [1.82, 2.24) is 0 Å². The van der Waals surface area contributed by atoms with Gasteiger partial charge in [-0.25, -0.2) is 0 Å². The maximum atomic E-state index is 12.0. The summed E-state index contributed by atoms with van der Waals surface area (Å²) in [4.78, 5) is 22.5. The number of ether oxygens (including phenoxy) is 1. The number of nitrogens with one attached hydrogen (secondary N) is 1. The number of nitrogens with zero attached hydrogens (tertiary/aromatic N) is 1. The lowest BCUT2D eigenvalue weighted by atomic mass is 10.1. The number of benzene rings is 2. The highest BCUT2D eigenvalue weighted by atomic mass is 16.6. The van der Waals surface area contributed by atoms with Crippen LogP contribution in [0.25, 0.3) is 0 Å². The molecule has 2 aromatic rings. The molecule has 0 bridgehead atoms. The van der Waals surface area contributed by atoms with Crippen molar-refractivity contribution in [2.75, 3.05) is 12.4 Å². The van der Waals surface area contributed by atoms with E-state index >= 15 is 0 Å². The third kappa shape index (κ3) is 4.16. The summed E-state index contributed by atoms with van der Waals surface area (Å²) in [5.41, 5.74) is 1.77. The number of methoxy groups -OCH3 is 1. The zero-order valence-electron chi connectivity index (χ0n) is 12.8. The number of allylic oxidation sites excluding steroid dienone is 1. The first kappa shape index (κ1) is 16.2. The number of nitro benzene ring substituents is 1. The molecule has 6 heteroatoms. The van der Waals surface area contributed by atoms with Gasteiger partial charge in [-0.2, -0.15) is 0 Å². The van der Waals surface area contributed by atoms with Gasteiger partial charge in [0.2, 0.25) is 0 Å². The predicted octanol–water partition coefficient (Wildman–Crippen LogP) is 3.72. The largest absolute Gasteiger partial charge is 0.496 e. The third-order valence-electron chi connectivity index (χ3n) is 3.21. The molecule has 0 heterocycles. The summed E-state index contributed by atoms with van der Waals surface area (Å²) in [6.07, 6.45) is 2.72. The van der Waals surface area contributed by atoms with Crippen molar-refractivity contribution in [2.24, 2.45) is 0 Å². The highest BCUT2D eigenvalue weighted by Gasteiger charge is 2.14. The van der Waals surface area contributed by atoms with E-state index in [1.54, 1.807) is 18.2 Å². The smallest absolute Gasteiger partial charge is 0.296 e. The first-order valence-electron chi connectivity index (χ1n) is 6.88. The summed E-state index contributed by atoms with van der Waals surface area (Å²) in [6.45, 7) is 1.94. The molecule has 0 aliphatic carbocycles. The molecule has 23 heavy (non-hydrogen) atoms. The Kier molecular flexibility index (Phi) is 5.09. The molecule has 0 amide bonds. The molecule has 0 unspecified atom stereocenters. The molecule has 118 valence electrons. The molecule has 0 aliphatic heterocycles. The fourth-order valence-corrected chi connectivity index (χ4v) is 1.93. The van der Waals surface area contributed by atoms with Crippen LogP contribution in [0.3, 0.4) is 0 Å². The second-order valence-corrected chi connectivity index (χ2v) is 4.85. The molecule has 0 saturated heterocycles. The topological polar surface area (TPSA) is 81.5 Å². The minimum Gasteiger partial charge on any atom is -0.496 e. The minimum absolute atomic E-state index is 0.128. The van der Waals surface area contributed by atoms with Gasteiger partial charge in [0, 0.05) is 17.8 Å². The van der Waals surface area contributed by atoms with Crippen molar-refractivity contribution in [2.45, 2.75) is 6.92 Å². The Hall–Kier alpha value is -3.15. The molecule has 0 fully saturated rings.